The molecule has 16 heavy (non-hydrogen) atoms. The lowest BCUT2D eigenvalue weighted by molar-refractivity contribution is 0.112. The molecule has 2 heterocycles. The molecule has 0 spiro atoms. The van der Waals surface area contributed by atoms with Crippen LogP contribution in [0.2, 0.25) is 0 Å². The van der Waals surface area contributed by atoms with Crippen LogP contribution in [0.25, 0.3) is 10.9 Å². The topological polar surface area (TPSA) is 39.1 Å². The van der Waals surface area contributed by atoms with E-state index in [-0.39, 0.29) is 17.2 Å². The Balaban J connectivity index is 2.57. The van der Waals surface area contributed by atoms with Gasteiger partial charge in [-0.25, -0.2) is 0 Å². The number of nitrogens with zero attached hydrogens (tertiary/aromatic N) is 1. The quantitative estimate of drug-likeness (QED) is 0.679. The lowest BCUT2D eigenvalue weighted by atomic mass is 10.1. The molecule has 1 aromatic heterocycles. The summed E-state index contributed by atoms with van der Waals surface area (Å²) in [4.78, 5) is 22.9. The van der Waals surface area contributed by atoms with Crippen LogP contribution in [0.4, 0.5) is 0 Å². The lowest BCUT2D eigenvalue weighted by Gasteiger charge is -2.09. The van der Waals surface area contributed by atoms with Crippen molar-refractivity contribution in [3.63, 3.8) is 0 Å². The Morgan fingerprint density at radius 1 is 1.44 bits per heavy atom. The lowest BCUT2D eigenvalue weighted by Crippen LogP contribution is -2.24. The fraction of sp³-hybridized carbons (Fsp3) is 0.231. The predicted molar refractivity (Wildman–Crippen MR) is 62.0 cm³/mol. The van der Waals surface area contributed by atoms with E-state index >= 15 is 0 Å². The summed E-state index contributed by atoms with van der Waals surface area (Å²) in [7, 11) is 0. The normalized spacial score (nSPS) is 17.9. The van der Waals surface area contributed by atoms with Gasteiger partial charge in [-0.05, 0) is 30.4 Å². The van der Waals surface area contributed by atoms with E-state index in [0.29, 0.717) is 6.29 Å². The molecule has 0 saturated heterocycles. The van der Waals surface area contributed by atoms with E-state index in [1.807, 2.05) is 25.1 Å². The van der Waals surface area contributed by atoms with Gasteiger partial charge in [0.1, 0.15) is 0 Å². The van der Waals surface area contributed by atoms with Crippen molar-refractivity contribution < 1.29 is 4.79 Å². The van der Waals surface area contributed by atoms with Crippen LogP contribution in [0.3, 0.4) is 0 Å². The van der Waals surface area contributed by atoms with Crippen molar-refractivity contribution in [2.24, 2.45) is 0 Å². The van der Waals surface area contributed by atoms with Crippen molar-refractivity contribution in [1.82, 2.24) is 4.57 Å². The molecule has 0 fully saturated rings. The molecule has 3 nitrogen and oxygen atoms in total. The first-order chi connectivity index (χ1) is 7.72. The van der Waals surface area contributed by atoms with Crippen molar-refractivity contribution in [2.75, 3.05) is 0 Å². The second-order valence-electron chi connectivity index (χ2n) is 4.30. The number of aldehydes is 1. The fourth-order valence-corrected chi connectivity index (χ4v) is 2.57. The molecule has 0 radical (unpaired) electrons. The van der Waals surface area contributed by atoms with Gasteiger partial charge < -0.3 is 4.57 Å². The summed E-state index contributed by atoms with van der Waals surface area (Å²) in [5.41, 5.74) is 2.27. The minimum absolute atomic E-state index is 0.146. The van der Waals surface area contributed by atoms with Crippen molar-refractivity contribution >= 4 is 17.2 Å². The highest BCUT2D eigenvalue weighted by Gasteiger charge is 2.22. The van der Waals surface area contributed by atoms with Crippen LogP contribution in [0.15, 0.2) is 29.1 Å². The maximum absolute atomic E-state index is 12.0. The van der Waals surface area contributed by atoms with E-state index in [2.05, 4.69) is 0 Å². The van der Waals surface area contributed by atoms with E-state index in [0.717, 1.165) is 17.3 Å². The zero-order valence-corrected chi connectivity index (χ0v) is 8.93. The molecule has 1 aromatic carbocycles. The Morgan fingerprint density at radius 3 is 3.00 bits per heavy atom. The third-order valence-electron chi connectivity index (χ3n) is 3.25. The highest BCUT2D eigenvalue weighted by Crippen LogP contribution is 2.30. The Hall–Kier alpha value is -1.90. The monoisotopic (exact) mass is 213 g/mol. The van der Waals surface area contributed by atoms with Gasteiger partial charge in [-0.3, -0.25) is 9.59 Å². The number of para-hydroxylation sites is 1. The molecule has 1 atom stereocenters. The molecular formula is C13H11NO2. The fourth-order valence-electron chi connectivity index (χ4n) is 2.57. The van der Waals surface area contributed by atoms with E-state index in [1.165, 1.54) is 5.56 Å². The number of aromatic nitrogens is 1. The van der Waals surface area contributed by atoms with Crippen LogP contribution in [-0.2, 0) is 6.42 Å². The molecule has 3 rings (SSSR count). The summed E-state index contributed by atoms with van der Waals surface area (Å²) in [5.74, 6) is 0. The Bertz CT molecular complexity index is 655. The second-order valence-corrected chi connectivity index (χ2v) is 4.30. The smallest absolute Gasteiger partial charge is 0.261 e. The number of carbonyl (C=O) groups is 1. The van der Waals surface area contributed by atoms with Crippen LogP contribution >= 0.6 is 0 Å². The highest BCUT2D eigenvalue weighted by atomic mass is 16.1. The zero-order chi connectivity index (χ0) is 11.3. The number of hydrogen-bond acceptors (Lipinski definition) is 2. The number of benzene rings is 1. The molecule has 80 valence electrons. The molecule has 0 aliphatic carbocycles. The molecule has 0 bridgehead atoms. The number of rotatable bonds is 1. The standard InChI is InChI=1S/C13H11NO2/c1-8-5-9-3-2-4-10-6-11(7-15)13(16)14(8)12(9)10/h2-4,6-8H,5H2,1H3/t8-/m1/s1. The summed E-state index contributed by atoms with van der Waals surface area (Å²) >= 11 is 0. The summed E-state index contributed by atoms with van der Waals surface area (Å²) in [6.07, 6.45) is 1.51. The highest BCUT2D eigenvalue weighted by molar-refractivity contribution is 5.89. The van der Waals surface area contributed by atoms with Crippen molar-refractivity contribution in [3.8, 4) is 0 Å². The number of carbonyl (C=O) groups excluding carboxylic acids is 1. The largest absolute Gasteiger partial charge is 0.304 e. The van der Waals surface area contributed by atoms with Gasteiger partial charge in [0.2, 0.25) is 0 Å². The minimum Gasteiger partial charge on any atom is -0.304 e. The SMILES string of the molecule is C[C@@H]1Cc2cccc3cc(C=O)c(=O)n1c23. The maximum Gasteiger partial charge on any atom is 0.261 e. The molecule has 1 aliphatic rings. The summed E-state index contributed by atoms with van der Waals surface area (Å²) in [5, 5.41) is 0.976. The van der Waals surface area contributed by atoms with Crippen LogP contribution in [-0.4, -0.2) is 10.9 Å². The van der Waals surface area contributed by atoms with E-state index < -0.39 is 0 Å². The first kappa shape index (κ1) is 9.33. The first-order valence-electron chi connectivity index (χ1n) is 5.34. The van der Waals surface area contributed by atoms with Gasteiger partial charge >= 0.3 is 0 Å². The zero-order valence-electron chi connectivity index (χ0n) is 8.93. The van der Waals surface area contributed by atoms with E-state index in [9.17, 15) is 9.59 Å². The summed E-state index contributed by atoms with van der Waals surface area (Å²) < 4.78 is 1.74. The molecule has 3 heteroatoms. The number of hydrogen-bond donors (Lipinski definition) is 0. The van der Waals surface area contributed by atoms with Crippen LogP contribution < -0.4 is 5.56 Å². The van der Waals surface area contributed by atoms with Gasteiger partial charge in [-0.2, -0.15) is 0 Å². The van der Waals surface area contributed by atoms with Crippen molar-refractivity contribution in [2.45, 2.75) is 19.4 Å². The molecule has 1 aliphatic heterocycles. The van der Waals surface area contributed by atoms with Gasteiger partial charge in [0.25, 0.3) is 5.56 Å². The average Bonchev–Trinajstić information content (AvgIpc) is 2.61. The van der Waals surface area contributed by atoms with Crippen molar-refractivity contribution in [1.29, 1.82) is 0 Å². The van der Waals surface area contributed by atoms with Gasteiger partial charge in [0, 0.05) is 6.04 Å². The average molecular weight is 213 g/mol. The molecule has 0 unspecified atom stereocenters. The van der Waals surface area contributed by atoms with Gasteiger partial charge in [-0.15, -0.1) is 0 Å². The second kappa shape index (κ2) is 3.04. The molecule has 0 N–H and O–H groups in total. The van der Waals surface area contributed by atoms with E-state index in [1.54, 1.807) is 10.6 Å². The van der Waals surface area contributed by atoms with Crippen LogP contribution in [0.1, 0.15) is 28.9 Å². The maximum atomic E-state index is 12.0. The van der Waals surface area contributed by atoms with Gasteiger partial charge in [-0.1, -0.05) is 18.2 Å². The molecule has 2 aromatic rings. The van der Waals surface area contributed by atoms with Gasteiger partial charge in [0.05, 0.1) is 11.1 Å². The van der Waals surface area contributed by atoms with Gasteiger partial charge in [0.15, 0.2) is 6.29 Å². The third kappa shape index (κ3) is 1.03. The van der Waals surface area contributed by atoms with E-state index in [4.69, 9.17) is 0 Å². The third-order valence-corrected chi connectivity index (χ3v) is 3.25. The van der Waals surface area contributed by atoms with Crippen LogP contribution in [0, 0.1) is 0 Å². The van der Waals surface area contributed by atoms with Crippen LogP contribution in [0.5, 0.6) is 0 Å². The molecular weight excluding hydrogens is 202 g/mol. The predicted octanol–water partition coefficient (Wildman–Crippen LogP) is 1.93. The number of pyridine rings is 1. The first-order valence-corrected chi connectivity index (χ1v) is 5.34. The Kier molecular flexibility index (Phi) is 1.78. The molecule has 0 saturated carbocycles. The molecule has 0 amide bonds. The Labute approximate surface area is 92.3 Å². The minimum atomic E-state index is -0.167. The summed E-state index contributed by atoms with van der Waals surface area (Å²) in [6, 6.07) is 7.79. The summed E-state index contributed by atoms with van der Waals surface area (Å²) in [6.45, 7) is 2.01. The van der Waals surface area contributed by atoms with Crippen molar-refractivity contribution in [3.05, 3.63) is 45.7 Å². The Morgan fingerprint density at radius 2 is 2.25 bits per heavy atom.